The summed E-state index contributed by atoms with van der Waals surface area (Å²) < 4.78 is 37.4. The van der Waals surface area contributed by atoms with Gasteiger partial charge in [0.05, 0.1) is 5.56 Å². The van der Waals surface area contributed by atoms with E-state index in [4.69, 9.17) is 5.26 Å². The molecule has 0 spiro atoms. The van der Waals surface area contributed by atoms with E-state index in [1.165, 1.54) is 0 Å². The van der Waals surface area contributed by atoms with Crippen LogP contribution in [-0.2, 0) is 6.18 Å². The second-order valence-electron chi connectivity index (χ2n) is 3.84. The summed E-state index contributed by atoms with van der Waals surface area (Å²) in [5, 5.41) is 11.6. The fraction of sp³-hybridized carbons (Fsp3) is 0.500. The van der Waals surface area contributed by atoms with Crippen LogP contribution in [0.1, 0.15) is 37.4 Å². The van der Waals surface area contributed by atoms with Crippen molar-refractivity contribution in [2.45, 2.75) is 32.4 Å². The van der Waals surface area contributed by atoms with Gasteiger partial charge in [-0.15, -0.1) is 0 Å². The van der Waals surface area contributed by atoms with E-state index >= 15 is 0 Å². The van der Waals surface area contributed by atoms with E-state index < -0.39 is 11.9 Å². The maximum absolute atomic E-state index is 12.5. The molecular formula is C12H14F3N3. The van der Waals surface area contributed by atoms with Crippen molar-refractivity contribution in [2.24, 2.45) is 0 Å². The number of aromatic nitrogens is 1. The van der Waals surface area contributed by atoms with Gasteiger partial charge in [0.2, 0.25) is 0 Å². The molecule has 0 aliphatic heterocycles. The SMILES string of the molecule is CCCCCNc1nc(C(F)(F)F)ccc1C#N. The highest BCUT2D eigenvalue weighted by Gasteiger charge is 2.33. The molecule has 6 heteroatoms. The Bertz CT molecular complexity index is 435. The highest BCUT2D eigenvalue weighted by molar-refractivity contribution is 5.52. The first-order valence-corrected chi connectivity index (χ1v) is 5.71. The Balaban J connectivity index is 2.83. The monoisotopic (exact) mass is 257 g/mol. The lowest BCUT2D eigenvalue weighted by Gasteiger charge is -2.10. The van der Waals surface area contributed by atoms with Crippen molar-refractivity contribution in [3.63, 3.8) is 0 Å². The van der Waals surface area contributed by atoms with Gasteiger partial charge in [0.15, 0.2) is 0 Å². The molecule has 0 amide bonds. The molecule has 0 aliphatic rings. The van der Waals surface area contributed by atoms with Crippen molar-refractivity contribution in [2.75, 3.05) is 11.9 Å². The summed E-state index contributed by atoms with van der Waals surface area (Å²) in [7, 11) is 0. The molecule has 1 aromatic heterocycles. The van der Waals surface area contributed by atoms with Crippen LogP contribution in [0.5, 0.6) is 0 Å². The molecular weight excluding hydrogens is 243 g/mol. The molecule has 1 heterocycles. The van der Waals surface area contributed by atoms with Crippen LogP contribution in [0.25, 0.3) is 0 Å². The number of hydrogen-bond acceptors (Lipinski definition) is 3. The lowest BCUT2D eigenvalue weighted by atomic mass is 10.2. The zero-order valence-corrected chi connectivity index (χ0v) is 10.0. The summed E-state index contributed by atoms with van der Waals surface area (Å²) in [6.45, 7) is 2.54. The third-order valence-electron chi connectivity index (χ3n) is 2.38. The second kappa shape index (κ2) is 6.24. The average molecular weight is 257 g/mol. The van der Waals surface area contributed by atoms with Crippen molar-refractivity contribution in [3.05, 3.63) is 23.4 Å². The van der Waals surface area contributed by atoms with Crippen molar-refractivity contribution < 1.29 is 13.2 Å². The van der Waals surface area contributed by atoms with Crippen LogP contribution in [0, 0.1) is 11.3 Å². The van der Waals surface area contributed by atoms with Crippen LogP contribution in [0.4, 0.5) is 19.0 Å². The molecule has 1 rings (SSSR count). The quantitative estimate of drug-likeness (QED) is 0.820. The van der Waals surface area contributed by atoms with Gasteiger partial charge in [-0.3, -0.25) is 0 Å². The van der Waals surface area contributed by atoms with Crippen molar-refractivity contribution in [3.8, 4) is 6.07 Å². The van der Waals surface area contributed by atoms with Crippen LogP contribution in [0.15, 0.2) is 12.1 Å². The number of pyridine rings is 1. The number of nitrogens with one attached hydrogen (secondary N) is 1. The molecule has 18 heavy (non-hydrogen) atoms. The largest absolute Gasteiger partial charge is 0.433 e. The van der Waals surface area contributed by atoms with E-state index in [0.29, 0.717) is 6.54 Å². The summed E-state index contributed by atoms with van der Waals surface area (Å²) in [6, 6.07) is 3.77. The van der Waals surface area contributed by atoms with Crippen LogP contribution in [0.2, 0.25) is 0 Å². The molecule has 98 valence electrons. The lowest BCUT2D eigenvalue weighted by Crippen LogP contribution is -2.12. The Labute approximate surface area is 104 Å². The minimum atomic E-state index is -4.49. The summed E-state index contributed by atoms with van der Waals surface area (Å²) in [5.41, 5.74) is -0.862. The van der Waals surface area contributed by atoms with E-state index in [1.807, 2.05) is 13.0 Å². The number of nitriles is 1. The zero-order valence-electron chi connectivity index (χ0n) is 10.0. The van der Waals surface area contributed by atoms with Crippen LogP contribution >= 0.6 is 0 Å². The second-order valence-corrected chi connectivity index (χ2v) is 3.84. The molecule has 0 saturated heterocycles. The number of rotatable bonds is 5. The van der Waals surface area contributed by atoms with Gasteiger partial charge in [0.1, 0.15) is 17.6 Å². The van der Waals surface area contributed by atoms with Crippen LogP contribution in [-0.4, -0.2) is 11.5 Å². The number of nitrogens with zero attached hydrogens (tertiary/aromatic N) is 2. The van der Waals surface area contributed by atoms with Gasteiger partial charge in [0.25, 0.3) is 0 Å². The molecule has 1 aromatic rings. The van der Waals surface area contributed by atoms with Gasteiger partial charge in [-0.05, 0) is 18.6 Å². The van der Waals surface area contributed by atoms with E-state index in [-0.39, 0.29) is 11.4 Å². The molecule has 0 atom stereocenters. The summed E-state index contributed by atoms with van der Waals surface area (Å²) in [4.78, 5) is 3.45. The van der Waals surface area contributed by atoms with Gasteiger partial charge >= 0.3 is 6.18 Å². The average Bonchev–Trinajstić information content (AvgIpc) is 2.33. The maximum atomic E-state index is 12.5. The third kappa shape index (κ3) is 3.91. The predicted octanol–water partition coefficient (Wildman–Crippen LogP) is 3.57. The highest BCUT2D eigenvalue weighted by Crippen LogP contribution is 2.29. The highest BCUT2D eigenvalue weighted by atomic mass is 19.4. The van der Waals surface area contributed by atoms with Gasteiger partial charge in [0, 0.05) is 6.54 Å². The number of alkyl halides is 3. The maximum Gasteiger partial charge on any atom is 0.433 e. The smallest absolute Gasteiger partial charge is 0.369 e. The predicted molar refractivity (Wildman–Crippen MR) is 62.0 cm³/mol. The first-order valence-electron chi connectivity index (χ1n) is 5.71. The summed E-state index contributed by atoms with van der Waals surface area (Å²) in [5.74, 6) is 0.00317. The first kappa shape index (κ1) is 14.3. The Hall–Kier alpha value is -1.77. The van der Waals surface area contributed by atoms with E-state index in [9.17, 15) is 13.2 Å². The fourth-order valence-electron chi connectivity index (χ4n) is 1.42. The van der Waals surface area contributed by atoms with Crippen molar-refractivity contribution in [1.82, 2.24) is 4.98 Å². The number of halogens is 3. The van der Waals surface area contributed by atoms with E-state index in [2.05, 4.69) is 10.3 Å². The fourth-order valence-corrected chi connectivity index (χ4v) is 1.42. The van der Waals surface area contributed by atoms with E-state index in [0.717, 1.165) is 31.4 Å². The normalized spacial score (nSPS) is 11.1. The Morgan fingerprint density at radius 3 is 2.61 bits per heavy atom. The Kier molecular flexibility index (Phi) is 4.95. The molecule has 0 unspecified atom stereocenters. The molecule has 0 aromatic carbocycles. The topological polar surface area (TPSA) is 48.7 Å². The molecule has 0 saturated carbocycles. The van der Waals surface area contributed by atoms with Crippen LogP contribution in [0.3, 0.4) is 0 Å². The Morgan fingerprint density at radius 2 is 2.06 bits per heavy atom. The number of unbranched alkanes of at least 4 members (excludes halogenated alkanes) is 2. The summed E-state index contributed by atoms with van der Waals surface area (Å²) in [6.07, 6.45) is -1.66. The molecule has 3 nitrogen and oxygen atoms in total. The summed E-state index contributed by atoms with van der Waals surface area (Å²) >= 11 is 0. The van der Waals surface area contributed by atoms with Gasteiger partial charge in [-0.25, -0.2) is 4.98 Å². The number of anilines is 1. The zero-order chi connectivity index (χ0) is 13.6. The first-order chi connectivity index (χ1) is 8.49. The van der Waals surface area contributed by atoms with Gasteiger partial charge in [-0.2, -0.15) is 18.4 Å². The molecule has 1 N–H and O–H groups in total. The van der Waals surface area contributed by atoms with Gasteiger partial charge < -0.3 is 5.32 Å². The van der Waals surface area contributed by atoms with Gasteiger partial charge in [-0.1, -0.05) is 19.8 Å². The molecule has 0 fully saturated rings. The van der Waals surface area contributed by atoms with Crippen molar-refractivity contribution in [1.29, 1.82) is 5.26 Å². The van der Waals surface area contributed by atoms with E-state index in [1.54, 1.807) is 0 Å². The standard InChI is InChI=1S/C12H14F3N3/c1-2-3-4-7-17-11-9(8-16)5-6-10(18-11)12(13,14)15/h5-6H,2-4,7H2,1H3,(H,17,18). The third-order valence-corrected chi connectivity index (χ3v) is 2.38. The molecule has 0 bridgehead atoms. The Morgan fingerprint density at radius 1 is 1.33 bits per heavy atom. The van der Waals surface area contributed by atoms with Crippen molar-refractivity contribution >= 4 is 5.82 Å². The minimum absolute atomic E-state index is 0.00317. The van der Waals surface area contributed by atoms with Crippen LogP contribution < -0.4 is 5.32 Å². The minimum Gasteiger partial charge on any atom is -0.369 e. The molecule has 0 aliphatic carbocycles. The number of hydrogen-bond donors (Lipinski definition) is 1. The lowest BCUT2D eigenvalue weighted by molar-refractivity contribution is -0.141. The molecule has 0 radical (unpaired) electrons.